The first kappa shape index (κ1) is 13.1. The minimum absolute atomic E-state index is 0.197. The lowest BCUT2D eigenvalue weighted by molar-refractivity contribution is 0.102. The van der Waals surface area contributed by atoms with Crippen LogP contribution in [0.3, 0.4) is 0 Å². The number of amides is 1. The second kappa shape index (κ2) is 5.26. The summed E-state index contributed by atoms with van der Waals surface area (Å²) < 4.78 is 0.636. The second-order valence-electron chi connectivity index (χ2n) is 4.23. The van der Waals surface area contributed by atoms with E-state index in [0.717, 1.165) is 10.9 Å². The van der Waals surface area contributed by atoms with Gasteiger partial charge in [-0.05, 0) is 45.6 Å². The molecule has 0 spiro atoms. The smallest absolute Gasteiger partial charge is 0.255 e. The number of pyridine rings is 1. The summed E-state index contributed by atoms with van der Waals surface area (Å²) in [7, 11) is 0. The molecule has 3 aromatic rings. The molecule has 0 aliphatic rings. The minimum atomic E-state index is -0.197. The van der Waals surface area contributed by atoms with Crippen LogP contribution in [0.4, 0.5) is 5.69 Å². The SMILES string of the molecule is O=C(Nc1cnc(Cl)c(Br)c1)c1ccc2cc[nH]c2c1. The van der Waals surface area contributed by atoms with Crippen molar-refractivity contribution in [2.24, 2.45) is 0 Å². The molecule has 0 aliphatic heterocycles. The Hall–Kier alpha value is -1.85. The van der Waals surface area contributed by atoms with E-state index in [1.54, 1.807) is 12.1 Å². The van der Waals surface area contributed by atoms with Crippen LogP contribution in [-0.2, 0) is 0 Å². The Morgan fingerprint density at radius 1 is 1.30 bits per heavy atom. The van der Waals surface area contributed by atoms with Crippen molar-refractivity contribution in [1.29, 1.82) is 0 Å². The van der Waals surface area contributed by atoms with Crippen LogP contribution < -0.4 is 5.32 Å². The van der Waals surface area contributed by atoms with E-state index in [1.165, 1.54) is 6.20 Å². The van der Waals surface area contributed by atoms with Gasteiger partial charge in [0.1, 0.15) is 5.15 Å². The van der Waals surface area contributed by atoms with Crippen LogP contribution in [-0.4, -0.2) is 15.9 Å². The molecule has 0 saturated heterocycles. The highest BCUT2D eigenvalue weighted by Crippen LogP contribution is 2.23. The number of benzene rings is 1. The first-order valence-corrected chi connectivity index (χ1v) is 7.00. The Kier molecular flexibility index (Phi) is 3.46. The first-order valence-electron chi connectivity index (χ1n) is 5.83. The number of carbonyl (C=O) groups is 1. The van der Waals surface area contributed by atoms with Crippen molar-refractivity contribution in [1.82, 2.24) is 9.97 Å². The molecule has 0 bridgehead atoms. The van der Waals surface area contributed by atoms with Crippen molar-refractivity contribution in [3.05, 3.63) is 57.9 Å². The number of nitrogens with one attached hydrogen (secondary N) is 2. The third-order valence-electron chi connectivity index (χ3n) is 2.87. The van der Waals surface area contributed by atoms with Gasteiger partial charge in [0.25, 0.3) is 5.91 Å². The summed E-state index contributed by atoms with van der Waals surface area (Å²) >= 11 is 9.08. The number of hydrogen-bond acceptors (Lipinski definition) is 2. The third kappa shape index (κ3) is 2.55. The molecule has 0 atom stereocenters. The van der Waals surface area contributed by atoms with Gasteiger partial charge in [0.2, 0.25) is 0 Å². The van der Waals surface area contributed by atoms with Crippen LogP contribution in [0.1, 0.15) is 10.4 Å². The average Bonchev–Trinajstić information content (AvgIpc) is 2.90. The lowest BCUT2D eigenvalue weighted by atomic mass is 10.1. The number of halogens is 2. The molecule has 0 unspecified atom stereocenters. The zero-order valence-electron chi connectivity index (χ0n) is 10.2. The molecule has 2 heterocycles. The summed E-state index contributed by atoms with van der Waals surface area (Å²) in [6.45, 7) is 0. The Balaban J connectivity index is 1.86. The zero-order chi connectivity index (χ0) is 14.1. The number of fused-ring (bicyclic) bond motifs is 1. The largest absolute Gasteiger partial charge is 0.361 e. The first-order chi connectivity index (χ1) is 9.63. The van der Waals surface area contributed by atoms with Gasteiger partial charge in [-0.15, -0.1) is 0 Å². The van der Waals surface area contributed by atoms with Gasteiger partial charge >= 0.3 is 0 Å². The van der Waals surface area contributed by atoms with Crippen molar-refractivity contribution in [2.75, 3.05) is 5.32 Å². The topological polar surface area (TPSA) is 57.8 Å². The van der Waals surface area contributed by atoms with Crippen molar-refractivity contribution in [3.8, 4) is 0 Å². The van der Waals surface area contributed by atoms with E-state index < -0.39 is 0 Å². The van der Waals surface area contributed by atoms with Crippen LogP contribution in [0.5, 0.6) is 0 Å². The molecule has 0 saturated carbocycles. The van der Waals surface area contributed by atoms with Crippen molar-refractivity contribution >= 4 is 50.0 Å². The number of carbonyl (C=O) groups excluding carboxylic acids is 1. The molecule has 0 radical (unpaired) electrons. The maximum Gasteiger partial charge on any atom is 0.255 e. The van der Waals surface area contributed by atoms with Crippen LogP contribution in [0.25, 0.3) is 10.9 Å². The summed E-state index contributed by atoms with van der Waals surface area (Å²) in [5, 5.41) is 4.20. The lowest BCUT2D eigenvalue weighted by Crippen LogP contribution is -2.12. The molecule has 2 N–H and O–H groups in total. The number of hydrogen-bond donors (Lipinski definition) is 2. The van der Waals surface area contributed by atoms with E-state index >= 15 is 0 Å². The van der Waals surface area contributed by atoms with E-state index in [9.17, 15) is 4.79 Å². The maximum absolute atomic E-state index is 12.2. The Morgan fingerprint density at radius 2 is 2.15 bits per heavy atom. The molecule has 1 amide bonds. The molecule has 2 aromatic heterocycles. The summed E-state index contributed by atoms with van der Waals surface area (Å²) in [4.78, 5) is 19.2. The van der Waals surface area contributed by atoms with Crippen molar-refractivity contribution < 1.29 is 4.79 Å². The van der Waals surface area contributed by atoms with E-state index in [2.05, 4.69) is 31.2 Å². The van der Waals surface area contributed by atoms with Gasteiger partial charge in [0, 0.05) is 17.3 Å². The predicted molar refractivity (Wildman–Crippen MR) is 83.2 cm³/mol. The van der Waals surface area contributed by atoms with Gasteiger partial charge in [-0.1, -0.05) is 17.7 Å². The second-order valence-corrected chi connectivity index (χ2v) is 5.44. The maximum atomic E-state index is 12.2. The minimum Gasteiger partial charge on any atom is -0.361 e. The Labute approximate surface area is 128 Å². The predicted octanol–water partition coefficient (Wildman–Crippen LogP) is 4.23. The summed E-state index contributed by atoms with van der Waals surface area (Å²) in [6, 6.07) is 9.15. The summed E-state index contributed by atoms with van der Waals surface area (Å²) in [6.07, 6.45) is 3.35. The molecule has 6 heteroatoms. The lowest BCUT2D eigenvalue weighted by Gasteiger charge is -2.06. The average molecular weight is 351 g/mol. The summed E-state index contributed by atoms with van der Waals surface area (Å²) in [5.74, 6) is -0.197. The molecule has 0 aliphatic carbocycles. The quantitative estimate of drug-likeness (QED) is 0.679. The normalized spacial score (nSPS) is 10.7. The Bertz CT molecular complexity index is 800. The molecule has 1 aromatic carbocycles. The van der Waals surface area contributed by atoms with Gasteiger partial charge in [0.15, 0.2) is 0 Å². The number of aromatic nitrogens is 2. The monoisotopic (exact) mass is 349 g/mol. The van der Waals surface area contributed by atoms with Crippen LogP contribution in [0.15, 0.2) is 47.2 Å². The zero-order valence-corrected chi connectivity index (χ0v) is 12.5. The van der Waals surface area contributed by atoms with Gasteiger partial charge in [-0.25, -0.2) is 4.98 Å². The fraction of sp³-hybridized carbons (Fsp3) is 0. The fourth-order valence-corrected chi connectivity index (χ4v) is 2.33. The number of nitrogens with zero attached hydrogens (tertiary/aromatic N) is 1. The van der Waals surface area contributed by atoms with Gasteiger partial charge in [-0.3, -0.25) is 4.79 Å². The van der Waals surface area contributed by atoms with E-state index in [4.69, 9.17) is 11.6 Å². The summed E-state index contributed by atoms with van der Waals surface area (Å²) in [5.41, 5.74) is 2.08. The van der Waals surface area contributed by atoms with E-state index in [0.29, 0.717) is 20.9 Å². The highest BCUT2D eigenvalue weighted by molar-refractivity contribution is 9.10. The number of aromatic amines is 1. The number of anilines is 1. The van der Waals surface area contributed by atoms with Crippen LogP contribution >= 0.6 is 27.5 Å². The van der Waals surface area contributed by atoms with E-state index in [1.807, 2.05) is 24.4 Å². The molecule has 4 nitrogen and oxygen atoms in total. The van der Waals surface area contributed by atoms with Gasteiger partial charge in [-0.2, -0.15) is 0 Å². The highest BCUT2D eigenvalue weighted by atomic mass is 79.9. The molecule has 0 fully saturated rings. The number of rotatable bonds is 2. The molecular formula is C14H9BrClN3O. The molecule has 20 heavy (non-hydrogen) atoms. The molecule has 3 rings (SSSR count). The highest BCUT2D eigenvalue weighted by Gasteiger charge is 2.09. The molecular weight excluding hydrogens is 342 g/mol. The fourth-order valence-electron chi connectivity index (χ4n) is 1.88. The van der Waals surface area contributed by atoms with Crippen LogP contribution in [0.2, 0.25) is 5.15 Å². The van der Waals surface area contributed by atoms with Crippen molar-refractivity contribution in [2.45, 2.75) is 0 Å². The Morgan fingerprint density at radius 3 is 2.95 bits per heavy atom. The standard InChI is InChI=1S/C14H9BrClN3O/c15-11-6-10(7-18-13(11)16)19-14(20)9-2-1-8-3-4-17-12(8)5-9/h1-7,17H,(H,19,20). The third-order valence-corrected chi connectivity index (χ3v) is 4.01. The van der Waals surface area contributed by atoms with Crippen molar-refractivity contribution in [3.63, 3.8) is 0 Å². The van der Waals surface area contributed by atoms with Gasteiger partial charge < -0.3 is 10.3 Å². The van der Waals surface area contributed by atoms with Crippen LogP contribution in [0, 0.1) is 0 Å². The number of H-pyrrole nitrogens is 1. The van der Waals surface area contributed by atoms with E-state index in [-0.39, 0.29) is 5.91 Å². The molecule has 100 valence electrons. The van der Waals surface area contributed by atoms with Gasteiger partial charge in [0.05, 0.1) is 16.4 Å².